The molecule has 2 heterocycles. The first-order chi connectivity index (χ1) is 12.1. The van der Waals surface area contributed by atoms with E-state index in [1.807, 2.05) is 28.8 Å². The zero-order valence-electron chi connectivity index (χ0n) is 13.0. The summed E-state index contributed by atoms with van der Waals surface area (Å²) in [5.41, 5.74) is 0.624. The van der Waals surface area contributed by atoms with Crippen LogP contribution in [0.4, 0.5) is 11.5 Å². The first-order valence-corrected chi connectivity index (χ1v) is 7.71. The molecule has 3 aromatic rings. The normalized spacial score (nSPS) is 13.5. The molecule has 8 nitrogen and oxygen atoms in total. The van der Waals surface area contributed by atoms with Crippen LogP contribution in [0.3, 0.4) is 0 Å². The second-order valence-corrected chi connectivity index (χ2v) is 5.55. The van der Waals surface area contributed by atoms with Crippen molar-refractivity contribution in [1.29, 1.82) is 0 Å². The van der Waals surface area contributed by atoms with Crippen LogP contribution in [0.2, 0.25) is 0 Å². The number of carbonyl (C=O) groups is 1. The summed E-state index contributed by atoms with van der Waals surface area (Å²) in [6.07, 6.45) is 0. The van der Waals surface area contributed by atoms with Gasteiger partial charge in [0.25, 0.3) is 11.6 Å². The summed E-state index contributed by atoms with van der Waals surface area (Å²) >= 11 is 0. The van der Waals surface area contributed by atoms with E-state index in [0.717, 1.165) is 11.2 Å². The van der Waals surface area contributed by atoms with E-state index in [2.05, 4.69) is 15.3 Å². The Labute approximate surface area is 141 Å². The van der Waals surface area contributed by atoms with E-state index in [1.165, 1.54) is 18.2 Å². The third kappa shape index (κ3) is 2.53. The maximum Gasteiger partial charge on any atom is 0.287 e. The Hall–Kier alpha value is -3.55. The fourth-order valence-corrected chi connectivity index (χ4v) is 2.92. The number of amides is 1. The number of hydrogen-bond donors (Lipinski definition) is 1. The van der Waals surface area contributed by atoms with E-state index in [-0.39, 0.29) is 16.9 Å². The molecule has 0 radical (unpaired) electrons. The summed E-state index contributed by atoms with van der Waals surface area (Å²) in [6.45, 7) is 1.33. The number of nitro groups is 1. The molecule has 0 unspecified atom stereocenters. The molecule has 1 amide bonds. The Morgan fingerprint density at radius 1 is 1.20 bits per heavy atom. The molecule has 0 atom stereocenters. The van der Waals surface area contributed by atoms with Crippen molar-refractivity contribution in [3.05, 3.63) is 69.8 Å². The van der Waals surface area contributed by atoms with Gasteiger partial charge in [-0.15, -0.1) is 0 Å². The molecule has 0 bridgehead atoms. The van der Waals surface area contributed by atoms with Crippen LogP contribution in [0.25, 0.3) is 10.9 Å². The van der Waals surface area contributed by atoms with Crippen LogP contribution in [-0.2, 0) is 6.54 Å². The average Bonchev–Trinajstić information content (AvgIpc) is 3.12. The van der Waals surface area contributed by atoms with E-state index in [9.17, 15) is 14.9 Å². The third-order valence-corrected chi connectivity index (χ3v) is 4.05. The lowest BCUT2D eigenvalue weighted by Crippen LogP contribution is -2.24. The molecule has 8 heteroatoms. The monoisotopic (exact) mass is 335 g/mol. The van der Waals surface area contributed by atoms with Gasteiger partial charge in [0, 0.05) is 24.5 Å². The molecule has 0 fully saturated rings. The highest BCUT2D eigenvalue weighted by molar-refractivity contribution is 5.98. The number of carbonyl (C=O) groups excluding carboxylic acids is 1. The molecule has 2 aromatic carbocycles. The molecule has 0 spiro atoms. The molecule has 0 saturated heterocycles. The average molecular weight is 335 g/mol. The molecule has 1 N–H and O–H groups in total. The number of hydrogen-bond acceptors (Lipinski definition) is 5. The number of nitrogens with zero attached hydrogens (tertiary/aromatic N) is 4. The summed E-state index contributed by atoms with van der Waals surface area (Å²) in [7, 11) is 0. The molecule has 0 saturated carbocycles. The maximum absolute atomic E-state index is 12.5. The van der Waals surface area contributed by atoms with Crippen molar-refractivity contribution < 1.29 is 9.72 Å². The van der Waals surface area contributed by atoms with Gasteiger partial charge in [0.05, 0.1) is 10.4 Å². The number of benzene rings is 2. The van der Waals surface area contributed by atoms with Crippen LogP contribution in [-0.4, -0.2) is 26.9 Å². The molecular formula is C17H13N5O3. The van der Waals surface area contributed by atoms with Crippen molar-refractivity contribution in [3.63, 3.8) is 0 Å². The lowest BCUT2D eigenvalue weighted by Gasteiger charge is -2.07. The number of aromatic nitrogens is 2. The lowest BCUT2D eigenvalue weighted by atomic mass is 10.2. The van der Waals surface area contributed by atoms with E-state index in [0.29, 0.717) is 18.6 Å². The van der Waals surface area contributed by atoms with E-state index < -0.39 is 10.8 Å². The number of nitrogens with one attached hydrogen (secondary N) is 1. The number of nitro benzene ring substituents is 1. The number of fused-ring (bicyclic) bond motifs is 3. The largest absolute Gasteiger partial charge is 0.369 e. The van der Waals surface area contributed by atoms with Gasteiger partial charge in [-0.2, -0.15) is 4.99 Å². The standard InChI is InChI=1S/C17H13N5O3/c23-16(12-6-2-4-8-14(12)22(24)25)20-17-19-13-7-3-1-5-11(13)15-18-9-10-21(15)17/h1-8,18H,9-10H2. The van der Waals surface area contributed by atoms with E-state index in [1.54, 1.807) is 6.07 Å². The lowest BCUT2D eigenvalue weighted by molar-refractivity contribution is -0.385. The molecular weight excluding hydrogens is 322 g/mol. The predicted molar refractivity (Wildman–Crippen MR) is 91.2 cm³/mol. The Kier molecular flexibility index (Phi) is 3.50. The Bertz CT molecular complexity index is 1090. The van der Waals surface area contributed by atoms with Crippen molar-refractivity contribution in [2.75, 3.05) is 11.9 Å². The van der Waals surface area contributed by atoms with Gasteiger partial charge < -0.3 is 5.32 Å². The van der Waals surface area contributed by atoms with Gasteiger partial charge in [-0.05, 0) is 18.2 Å². The Morgan fingerprint density at radius 3 is 2.80 bits per heavy atom. The molecule has 1 aliphatic rings. The van der Waals surface area contributed by atoms with Crippen LogP contribution >= 0.6 is 0 Å². The maximum atomic E-state index is 12.5. The second kappa shape index (κ2) is 5.82. The van der Waals surface area contributed by atoms with Crippen molar-refractivity contribution in [1.82, 2.24) is 9.55 Å². The van der Waals surface area contributed by atoms with Crippen LogP contribution in [0.5, 0.6) is 0 Å². The van der Waals surface area contributed by atoms with Crippen LogP contribution in [0.1, 0.15) is 10.4 Å². The fourth-order valence-electron chi connectivity index (χ4n) is 2.92. The van der Waals surface area contributed by atoms with Gasteiger partial charge in [-0.25, -0.2) is 4.98 Å². The van der Waals surface area contributed by atoms with Crippen molar-refractivity contribution in [2.45, 2.75) is 6.54 Å². The second-order valence-electron chi connectivity index (χ2n) is 5.55. The molecule has 0 aliphatic carbocycles. The van der Waals surface area contributed by atoms with Crippen LogP contribution < -0.4 is 10.9 Å². The van der Waals surface area contributed by atoms with Gasteiger partial charge in [0.15, 0.2) is 0 Å². The highest BCUT2D eigenvalue weighted by atomic mass is 16.6. The van der Waals surface area contributed by atoms with Gasteiger partial charge in [-0.1, -0.05) is 24.3 Å². The number of rotatable bonds is 2. The smallest absolute Gasteiger partial charge is 0.287 e. The van der Waals surface area contributed by atoms with Gasteiger partial charge >= 0.3 is 0 Å². The minimum Gasteiger partial charge on any atom is -0.369 e. The highest BCUT2D eigenvalue weighted by Crippen LogP contribution is 2.23. The quantitative estimate of drug-likeness (QED) is 0.571. The third-order valence-electron chi connectivity index (χ3n) is 4.05. The van der Waals surface area contributed by atoms with Gasteiger partial charge in [0.2, 0.25) is 5.62 Å². The minimum atomic E-state index is -0.684. The van der Waals surface area contributed by atoms with E-state index in [4.69, 9.17) is 0 Å². The van der Waals surface area contributed by atoms with Gasteiger partial charge in [0.1, 0.15) is 11.4 Å². The molecule has 124 valence electrons. The number of para-hydroxylation sites is 2. The summed E-state index contributed by atoms with van der Waals surface area (Å²) in [5.74, 6) is 0.163. The summed E-state index contributed by atoms with van der Waals surface area (Å²) in [5, 5.41) is 15.3. The summed E-state index contributed by atoms with van der Waals surface area (Å²) < 4.78 is 1.81. The van der Waals surface area contributed by atoms with Crippen molar-refractivity contribution in [3.8, 4) is 0 Å². The van der Waals surface area contributed by atoms with Crippen molar-refractivity contribution >= 4 is 28.3 Å². The summed E-state index contributed by atoms with van der Waals surface area (Å²) in [4.78, 5) is 31.6. The summed E-state index contributed by atoms with van der Waals surface area (Å²) in [6, 6.07) is 13.3. The molecule has 1 aliphatic heterocycles. The zero-order valence-corrected chi connectivity index (χ0v) is 13.0. The first-order valence-electron chi connectivity index (χ1n) is 7.71. The number of anilines is 1. The topological polar surface area (TPSA) is 102 Å². The minimum absolute atomic E-state index is 0.0530. The van der Waals surface area contributed by atoms with E-state index >= 15 is 0 Å². The first kappa shape index (κ1) is 15.0. The SMILES string of the molecule is O=C(N=c1nc2ccccc2c2n1CCN2)c1ccccc1[N+](=O)[O-]. The Morgan fingerprint density at radius 2 is 1.96 bits per heavy atom. The zero-order chi connectivity index (χ0) is 17.4. The molecule has 4 rings (SSSR count). The Balaban J connectivity index is 1.91. The molecule has 25 heavy (non-hydrogen) atoms. The van der Waals surface area contributed by atoms with Gasteiger partial charge in [-0.3, -0.25) is 19.5 Å². The predicted octanol–water partition coefficient (Wildman–Crippen LogP) is 2.11. The highest BCUT2D eigenvalue weighted by Gasteiger charge is 2.20. The van der Waals surface area contributed by atoms with Crippen LogP contribution in [0, 0.1) is 10.1 Å². The van der Waals surface area contributed by atoms with Crippen molar-refractivity contribution in [2.24, 2.45) is 4.99 Å². The fraction of sp³-hybridized carbons (Fsp3) is 0.118. The van der Waals surface area contributed by atoms with Crippen LogP contribution in [0.15, 0.2) is 53.5 Å². The molecule has 1 aromatic heterocycles.